The summed E-state index contributed by atoms with van der Waals surface area (Å²) in [7, 11) is 1.79. The summed E-state index contributed by atoms with van der Waals surface area (Å²) in [5.74, 6) is -0.320. The van der Waals surface area contributed by atoms with Crippen molar-refractivity contribution in [3.8, 4) is 0 Å². The van der Waals surface area contributed by atoms with Gasteiger partial charge in [0.1, 0.15) is 11.6 Å². The van der Waals surface area contributed by atoms with E-state index in [4.69, 9.17) is 4.74 Å². The molecule has 3 fully saturated rings. The maximum absolute atomic E-state index is 13.6. The van der Waals surface area contributed by atoms with Crippen molar-refractivity contribution < 1.29 is 17.9 Å². The van der Waals surface area contributed by atoms with Gasteiger partial charge in [-0.1, -0.05) is 19.3 Å². The molecule has 1 aromatic heterocycles. The molecule has 31 heavy (non-hydrogen) atoms. The fourth-order valence-corrected chi connectivity index (χ4v) is 5.28. The van der Waals surface area contributed by atoms with Gasteiger partial charge in [-0.2, -0.15) is 13.2 Å². The lowest BCUT2D eigenvalue weighted by atomic mass is 9.69. The van der Waals surface area contributed by atoms with Crippen LogP contribution in [0.2, 0.25) is 0 Å². The van der Waals surface area contributed by atoms with E-state index in [9.17, 15) is 13.2 Å². The summed E-state index contributed by atoms with van der Waals surface area (Å²) in [6.45, 7) is 4.40. The van der Waals surface area contributed by atoms with E-state index >= 15 is 0 Å². The fraction of sp³-hybridized carbons (Fsp3) is 0.818. The summed E-state index contributed by atoms with van der Waals surface area (Å²) in [5.41, 5.74) is 0.233. The van der Waals surface area contributed by atoms with Crippen LogP contribution in [0.5, 0.6) is 0 Å². The molecule has 1 N–H and O–H groups in total. The number of rotatable bonds is 5. The number of hydrogen-bond donors (Lipinski definition) is 1. The minimum absolute atomic E-state index is 0.0767. The maximum atomic E-state index is 13.6. The molecule has 1 atom stereocenters. The summed E-state index contributed by atoms with van der Waals surface area (Å²) in [6.07, 6.45) is 4.46. The minimum Gasteiger partial charge on any atom is -0.376 e. The van der Waals surface area contributed by atoms with Gasteiger partial charge in [-0.3, -0.25) is 0 Å². The Morgan fingerprint density at radius 1 is 1.19 bits per heavy atom. The molecule has 1 aromatic rings. The first-order valence-electron chi connectivity index (χ1n) is 11.6. The third kappa shape index (κ3) is 5.61. The van der Waals surface area contributed by atoms with Gasteiger partial charge < -0.3 is 19.9 Å². The third-order valence-electron chi connectivity index (χ3n) is 7.03. The van der Waals surface area contributed by atoms with Gasteiger partial charge in [0, 0.05) is 45.8 Å². The predicted molar refractivity (Wildman–Crippen MR) is 114 cm³/mol. The van der Waals surface area contributed by atoms with Gasteiger partial charge in [0.2, 0.25) is 5.82 Å². The van der Waals surface area contributed by atoms with Crippen LogP contribution < -0.4 is 15.1 Å². The van der Waals surface area contributed by atoms with Crippen molar-refractivity contribution in [2.45, 2.75) is 63.6 Å². The van der Waals surface area contributed by atoms with E-state index in [2.05, 4.69) is 20.2 Å². The van der Waals surface area contributed by atoms with Crippen LogP contribution in [0.25, 0.3) is 0 Å². The predicted octanol–water partition coefficient (Wildman–Crippen LogP) is 3.86. The van der Waals surface area contributed by atoms with Crippen LogP contribution in [0.1, 0.15) is 57.2 Å². The van der Waals surface area contributed by atoms with Crippen molar-refractivity contribution in [2.75, 3.05) is 56.2 Å². The molecule has 9 heteroatoms. The third-order valence-corrected chi connectivity index (χ3v) is 7.03. The van der Waals surface area contributed by atoms with Crippen LogP contribution in [0.15, 0.2) is 6.07 Å². The highest BCUT2D eigenvalue weighted by atomic mass is 19.4. The van der Waals surface area contributed by atoms with Gasteiger partial charge in [-0.25, -0.2) is 9.97 Å². The van der Waals surface area contributed by atoms with Crippen LogP contribution >= 0.6 is 0 Å². The first-order valence-corrected chi connectivity index (χ1v) is 11.6. The topological polar surface area (TPSA) is 53.5 Å². The Morgan fingerprint density at radius 2 is 1.97 bits per heavy atom. The van der Waals surface area contributed by atoms with E-state index in [0.717, 1.165) is 39.0 Å². The molecule has 3 aliphatic rings. The van der Waals surface area contributed by atoms with Crippen molar-refractivity contribution >= 4 is 11.6 Å². The van der Waals surface area contributed by atoms with E-state index in [1.807, 2.05) is 0 Å². The number of hydrogen-bond acceptors (Lipinski definition) is 6. The van der Waals surface area contributed by atoms with Crippen molar-refractivity contribution in [3.05, 3.63) is 11.9 Å². The van der Waals surface area contributed by atoms with Gasteiger partial charge in [-0.05, 0) is 37.5 Å². The molecule has 1 saturated carbocycles. The van der Waals surface area contributed by atoms with E-state index in [1.54, 1.807) is 18.0 Å². The maximum Gasteiger partial charge on any atom is 0.451 e. The molecule has 0 amide bonds. The lowest BCUT2D eigenvalue weighted by Crippen LogP contribution is -2.45. The van der Waals surface area contributed by atoms with Gasteiger partial charge in [0.05, 0.1) is 12.7 Å². The largest absolute Gasteiger partial charge is 0.451 e. The zero-order valence-corrected chi connectivity index (χ0v) is 18.4. The molecule has 1 aliphatic carbocycles. The second-order valence-electron chi connectivity index (χ2n) is 9.40. The van der Waals surface area contributed by atoms with E-state index in [0.29, 0.717) is 24.8 Å². The SMILES string of the molecule is CN(CCC1CNCCO1)c1cc(N2CCCC3(CCCCC3)C2)nc(C(F)(F)F)n1. The van der Waals surface area contributed by atoms with Crippen molar-refractivity contribution in [1.29, 1.82) is 0 Å². The van der Waals surface area contributed by atoms with Gasteiger partial charge in [0.25, 0.3) is 0 Å². The zero-order valence-electron chi connectivity index (χ0n) is 18.4. The highest BCUT2D eigenvalue weighted by Gasteiger charge is 2.39. The van der Waals surface area contributed by atoms with Crippen LogP contribution in [-0.2, 0) is 10.9 Å². The number of nitrogens with one attached hydrogen (secondary N) is 1. The second-order valence-corrected chi connectivity index (χ2v) is 9.40. The lowest BCUT2D eigenvalue weighted by molar-refractivity contribution is -0.144. The molecule has 3 heterocycles. The van der Waals surface area contributed by atoms with Crippen LogP contribution in [-0.4, -0.2) is 62.5 Å². The quantitative estimate of drug-likeness (QED) is 0.749. The Labute approximate surface area is 182 Å². The highest BCUT2D eigenvalue weighted by molar-refractivity contribution is 5.51. The molecule has 1 unspecified atom stereocenters. The van der Waals surface area contributed by atoms with Crippen molar-refractivity contribution in [3.63, 3.8) is 0 Å². The Morgan fingerprint density at radius 3 is 2.68 bits per heavy atom. The summed E-state index contributed by atoms with van der Waals surface area (Å²) < 4.78 is 46.6. The van der Waals surface area contributed by atoms with Crippen LogP contribution in [0.3, 0.4) is 0 Å². The molecule has 4 rings (SSSR count). The van der Waals surface area contributed by atoms with Crippen LogP contribution in [0, 0.1) is 5.41 Å². The molecule has 0 aromatic carbocycles. The molecule has 6 nitrogen and oxygen atoms in total. The molecular formula is C22H34F3N5O. The Bertz CT molecular complexity index is 727. The van der Waals surface area contributed by atoms with Gasteiger partial charge in [-0.15, -0.1) is 0 Å². The Hall–Kier alpha value is -1.61. The molecule has 0 radical (unpaired) electrons. The average molecular weight is 442 g/mol. The number of nitrogens with zero attached hydrogens (tertiary/aromatic N) is 4. The summed E-state index contributed by atoms with van der Waals surface area (Å²) in [5, 5.41) is 3.28. The van der Waals surface area contributed by atoms with Gasteiger partial charge >= 0.3 is 6.18 Å². The number of alkyl halides is 3. The monoisotopic (exact) mass is 441 g/mol. The molecular weight excluding hydrogens is 407 g/mol. The lowest BCUT2D eigenvalue weighted by Gasteiger charge is -2.45. The van der Waals surface area contributed by atoms with Crippen molar-refractivity contribution in [2.24, 2.45) is 5.41 Å². The first-order chi connectivity index (χ1) is 14.8. The highest BCUT2D eigenvalue weighted by Crippen LogP contribution is 2.44. The summed E-state index contributed by atoms with van der Waals surface area (Å²) in [6, 6.07) is 1.73. The van der Waals surface area contributed by atoms with E-state index < -0.39 is 12.0 Å². The molecule has 2 saturated heterocycles. The fourth-order valence-electron chi connectivity index (χ4n) is 5.28. The normalized spacial score (nSPS) is 24.4. The standard InChI is InChI=1S/C22H34F3N5O/c1-29(12-6-17-15-26-10-13-31-17)18-14-19(28-20(27-18)22(23,24)25)30-11-5-9-21(16-30)7-3-2-4-8-21/h14,17,26H,2-13,15-16H2,1H3. The Balaban J connectivity index is 1.52. The van der Waals surface area contributed by atoms with E-state index in [1.165, 1.54) is 38.5 Å². The molecule has 1 spiro atoms. The number of anilines is 2. The summed E-state index contributed by atoms with van der Waals surface area (Å²) in [4.78, 5) is 11.7. The van der Waals surface area contributed by atoms with Gasteiger partial charge in [0.15, 0.2) is 0 Å². The van der Waals surface area contributed by atoms with Crippen molar-refractivity contribution in [1.82, 2.24) is 15.3 Å². The number of aromatic nitrogens is 2. The van der Waals surface area contributed by atoms with E-state index in [-0.39, 0.29) is 11.5 Å². The number of ether oxygens (including phenoxy) is 1. The molecule has 0 bridgehead atoms. The minimum atomic E-state index is -4.57. The Kier molecular flexibility index (Phi) is 6.91. The summed E-state index contributed by atoms with van der Waals surface area (Å²) >= 11 is 0. The first kappa shape index (κ1) is 22.6. The molecule has 2 aliphatic heterocycles. The number of morpholine rings is 1. The molecule has 174 valence electrons. The number of piperidine rings is 1. The second kappa shape index (κ2) is 9.48. The zero-order chi connectivity index (χ0) is 21.9. The van der Waals surface area contributed by atoms with Crippen LogP contribution in [0.4, 0.5) is 24.8 Å². The average Bonchev–Trinajstić information content (AvgIpc) is 2.78. The smallest absolute Gasteiger partial charge is 0.376 e. The number of halogens is 3.